The quantitative estimate of drug-likeness (QED) is 0.485. The SMILES string of the molecule is C#CCC(NC(=O)c1cc(Cl)cc([N+](=O)[O-])c1)C(=O)O. The van der Waals surface area contributed by atoms with Gasteiger partial charge in [0.05, 0.1) is 4.92 Å². The molecule has 1 unspecified atom stereocenters. The fraction of sp³-hybridized carbons (Fsp3) is 0.167. The molecule has 0 saturated heterocycles. The van der Waals surface area contributed by atoms with E-state index in [1.54, 1.807) is 0 Å². The molecule has 1 rings (SSSR count). The highest BCUT2D eigenvalue weighted by atomic mass is 35.5. The van der Waals surface area contributed by atoms with Crippen LogP contribution in [0.15, 0.2) is 18.2 Å². The lowest BCUT2D eigenvalue weighted by Gasteiger charge is -2.11. The Balaban J connectivity index is 3.00. The fourth-order valence-electron chi connectivity index (χ4n) is 1.37. The Morgan fingerprint density at radius 2 is 2.15 bits per heavy atom. The third kappa shape index (κ3) is 3.96. The van der Waals surface area contributed by atoms with Gasteiger partial charge in [-0.25, -0.2) is 4.79 Å². The maximum absolute atomic E-state index is 11.8. The van der Waals surface area contributed by atoms with Crippen molar-refractivity contribution in [3.05, 3.63) is 38.9 Å². The van der Waals surface area contributed by atoms with Crippen LogP contribution in [0.3, 0.4) is 0 Å². The highest BCUT2D eigenvalue weighted by molar-refractivity contribution is 6.31. The minimum atomic E-state index is -1.30. The number of nitrogens with one attached hydrogen (secondary N) is 1. The lowest BCUT2D eigenvalue weighted by molar-refractivity contribution is -0.384. The number of non-ortho nitro benzene ring substituents is 1. The van der Waals surface area contributed by atoms with E-state index in [0.29, 0.717) is 0 Å². The van der Waals surface area contributed by atoms with E-state index in [-0.39, 0.29) is 22.7 Å². The second-order valence-corrected chi connectivity index (χ2v) is 4.16. The van der Waals surface area contributed by atoms with Crippen LogP contribution < -0.4 is 5.32 Å². The molecular weight excluding hydrogens is 288 g/mol. The van der Waals surface area contributed by atoms with Crippen molar-refractivity contribution in [2.45, 2.75) is 12.5 Å². The Hall–Kier alpha value is -2.59. The normalized spacial score (nSPS) is 11.2. The number of amides is 1. The van der Waals surface area contributed by atoms with Crippen molar-refractivity contribution in [1.29, 1.82) is 0 Å². The number of rotatable bonds is 5. The molecule has 0 saturated carbocycles. The molecule has 0 radical (unpaired) electrons. The molecule has 0 aliphatic rings. The molecule has 1 aromatic carbocycles. The first-order valence-corrected chi connectivity index (χ1v) is 5.65. The van der Waals surface area contributed by atoms with E-state index < -0.39 is 22.8 Å². The number of terminal acetylenes is 1. The van der Waals surface area contributed by atoms with Crippen LogP contribution in [-0.2, 0) is 4.79 Å². The molecule has 104 valence electrons. The average molecular weight is 297 g/mol. The Labute approximate surface area is 118 Å². The van der Waals surface area contributed by atoms with Crippen molar-refractivity contribution in [1.82, 2.24) is 5.32 Å². The number of nitrogens with zero attached hydrogens (tertiary/aromatic N) is 1. The summed E-state index contributed by atoms with van der Waals surface area (Å²) in [4.78, 5) is 32.6. The Morgan fingerprint density at radius 3 is 2.65 bits per heavy atom. The molecule has 0 heterocycles. The van der Waals surface area contributed by atoms with Gasteiger partial charge in [0, 0.05) is 29.1 Å². The van der Waals surface area contributed by atoms with Gasteiger partial charge in [-0.3, -0.25) is 14.9 Å². The maximum atomic E-state index is 11.8. The third-order valence-electron chi connectivity index (χ3n) is 2.28. The standard InChI is InChI=1S/C12H9ClN2O5/c1-2-3-10(12(17)18)14-11(16)7-4-8(13)6-9(5-7)15(19)20/h1,4-6,10H,3H2,(H,14,16)(H,17,18). The van der Waals surface area contributed by atoms with Crippen LogP contribution in [0, 0.1) is 22.5 Å². The largest absolute Gasteiger partial charge is 0.480 e. The Morgan fingerprint density at radius 1 is 1.50 bits per heavy atom. The second-order valence-electron chi connectivity index (χ2n) is 3.73. The van der Waals surface area contributed by atoms with Gasteiger partial charge in [-0.05, 0) is 6.07 Å². The summed E-state index contributed by atoms with van der Waals surface area (Å²) in [6.07, 6.45) is 4.79. The summed E-state index contributed by atoms with van der Waals surface area (Å²) >= 11 is 5.67. The number of hydrogen-bond acceptors (Lipinski definition) is 4. The van der Waals surface area contributed by atoms with Gasteiger partial charge in [-0.1, -0.05) is 11.6 Å². The second kappa shape index (κ2) is 6.54. The minimum absolute atomic E-state index is 0.00632. The van der Waals surface area contributed by atoms with E-state index in [0.717, 1.165) is 12.1 Å². The van der Waals surface area contributed by atoms with Gasteiger partial charge < -0.3 is 10.4 Å². The number of carbonyl (C=O) groups is 2. The highest BCUT2D eigenvalue weighted by Gasteiger charge is 2.21. The van der Waals surface area contributed by atoms with Gasteiger partial charge in [0.15, 0.2) is 0 Å². The number of nitro benzene ring substituents is 1. The molecule has 8 heteroatoms. The Bertz CT molecular complexity index is 608. The van der Waals surface area contributed by atoms with Crippen LogP contribution in [0.1, 0.15) is 16.8 Å². The van der Waals surface area contributed by atoms with Crippen LogP contribution in [0.4, 0.5) is 5.69 Å². The molecule has 7 nitrogen and oxygen atoms in total. The zero-order valence-corrected chi connectivity index (χ0v) is 10.8. The summed E-state index contributed by atoms with van der Waals surface area (Å²) < 4.78 is 0. The van der Waals surface area contributed by atoms with E-state index in [1.165, 1.54) is 6.07 Å². The van der Waals surface area contributed by atoms with Crippen molar-refractivity contribution in [3.8, 4) is 12.3 Å². The highest BCUT2D eigenvalue weighted by Crippen LogP contribution is 2.20. The number of halogens is 1. The predicted octanol–water partition coefficient (Wildman–Crippen LogP) is 1.45. The first-order chi connectivity index (χ1) is 9.35. The summed E-state index contributed by atoms with van der Waals surface area (Å²) in [5.41, 5.74) is -0.487. The van der Waals surface area contributed by atoms with Gasteiger partial charge in [0.2, 0.25) is 0 Å². The molecule has 0 aliphatic carbocycles. The molecule has 0 aliphatic heterocycles. The number of aliphatic carboxylic acids is 1. The first kappa shape index (κ1) is 15.5. The van der Waals surface area contributed by atoms with Gasteiger partial charge in [0.1, 0.15) is 6.04 Å². The summed E-state index contributed by atoms with van der Waals surface area (Å²) in [6, 6.07) is 1.99. The summed E-state index contributed by atoms with van der Waals surface area (Å²) in [5.74, 6) is 0.0116. The lowest BCUT2D eigenvalue weighted by Crippen LogP contribution is -2.40. The van der Waals surface area contributed by atoms with Gasteiger partial charge in [-0.2, -0.15) is 0 Å². The molecule has 1 aromatic rings. The van der Waals surface area contributed by atoms with E-state index in [1.807, 2.05) is 0 Å². The van der Waals surface area contributed by atoms with Crippen LogP contribution >= 0.6 is 11.6 Å². The van der Waals surface area contributed by atoms with Crippen LogP contribution in [-0.4, -0.2) is 27.9 Å². The Kier molecular flexibility index (Phi) is 5.06. The number of carboxylic acid groups (broad SMARTS) is 1. The lowest BCUT2D eigenvalue weighted by atomic mass is 10.1. The molecule has 0 bridgehead atoms. The summed E-state index contributed by atoms with van der Waals surface area (Å²) in [5, 5.41) is 21.7. The minimum Gasteiger partial charge on any atom is -0.480 e. The van der Waals surface area contributed by atoms with Crippen LogP contribution in [0.2, 0.25) is 5.02 Å². The number of hydrogen-bond donors (Lipinski definition) is 2. The zero-order chi connectivity index (χ0) is 15.3. The van der Waals surface area contributed by atoms with Crippen LogP contribution in [0.5, 0.6) is 0 Å². The summed E-state index contributed by atoms with van der Waals surface area (Å²) in [7, 11) is 0. The molecule has 1 atom stereocenters. The molecule has 1 amide bonds. The molecule has 0 fully saturated rings. The van der Waals surface area contributed by atoms with E-state index >= 15 is 0 Å². The van der Waals surface area contributed by atoms with Gasteiger partial charge in [0.25, 0.3) is 11.6 Å². The van der Waals surface area contributed by atoms with Crippen molar-refractivity contribution in [3.63, 3.8) is 0 Å². The molecule has 0 aromatic heterocycles. The monoisotopic (exact) mass is 296 g/mol. The van der Waals surface area contributed by atoms with Crippen molar-refractivity contribution < 1.29 is 19.6 Å². The van der Waals surface area contributed by atoms with E-state index in [2.05, 4.69) is 11.2 Å². The maximum Gasteiger partial charge on any atom is 0.327 e. The molecule has 0 spiro atoms. The van der Waals surface area contributed by atoms with Crippen molar-refractivity contribution >= 4 is 29.2 Å². The first-order valence-electron chi connectivity index (χ1n) is 5.27. The number of carbonyl (C=O) groups excluding carboxylic acids is 1. The van der Waals surface area contributed by atoms with Gasteiger partial charge in [-0.15, -0.1) is 12.3 Å². The van der Waals surface area contributed by atoms with Crippen molar-refractivity contribution in [2.75, 3.05) is 0 Å². The average Bonchev–Trinajstić information content (AvgIpc) is 2.37. The summed E-state index contributed by atoms with van der Waals surface area (Å²) in [6.45, 7) is 0. The smallest absolute Gasteiger partial charge is 0.327 e. The number of nitro groups is 1. The zero-order valence-electron chi connectivity index (χ0n) is 10.00. The van der Waals surface area contributed by atoms with Crippen molar-refractivity contribution in [2.24, 2.45) is 0 Å². The molecule has 2 N–H and O–H groups in total. The number of carboxylic acids is 1. The number of benzene rings is 1. The molecular formula is C12H9ClN2O5. The predicted molar refractivity (Wildman–Crippen MR) is 70.4 cm³/mol. The topological polar surface area (TPSA) is 110 Å². The van der Waals surface area contributed by atoms with E-state index in [4.69, 9.17) is 23.1 Å². The molecule has 20 heavy (non-hydrogen) atoms. The van der Waals surface area contributed by atoms with E-state index in [9.17, 15) is 19.7 Å². The van der Waals surface area contributed by atoms with Crippen LogP contribution in [0.25, 0.3) is 0 Å². The third-order valence-corrected chi connectivity index (χ3v) is 2.50. The van der Waals surface area contributed by atoms with Gasteiger partial charge >= 0.3 is 5.97 Å². The fourth-order valence-corrected chi connectivity index (χ4v) is 1.60.